The van der Waals surface area contributed by atoms with Crippen LogP contribution in [0.3, 0.4) is 0 Å². The summed E-state index contributed by atoms with van der Waals surface area (Å²) < 4.78 is 42.5. The molecule has 0 aliphatic carbocycles. The van der Waals surface area contributed by atoms with Gasteiger partial charge in [-0.25, -0.2) is 12.8 Å². The van der Waals surface area contributed by atoms with Crippen molar-refractivity contribution >= 4 is 37.6 Å². The standard InChI is InChI=1S/C9H9BrFNO4S/c1-16-9(13)5-17(14,15)12-6-2-3-7(10)8(11)4-6/h2-4,12H,5H2,1H3. The lowest BCUT2D eigenvalue weighted by atomic mass is 10.3. The van der Waals surface area contributed by atoms with Gasteiger partial charge < -0.3 is 4.74 Å². The van der Waals surface area contributed by atoms with Crippen LogP contribution in [0, 0.1) is 5.82 Å². The van der Waals surface area contributed by atoms with Crippen LogP contribution < -0.4 is 4.72 Å². The van der Waals surface area contributed by atoms with Crippen LogP contribution in [0.2, 0.25) is 0 Å². The minimum Gasteiger partial charge on any atom is -0.468 e. The zero-order valence-corrected chi connectivity index (χ0v) is 11.1. The fourth-order valence-electron chi connectivity index (χ4n) is 0.989. The third-order valence-electron chi connectivity index (χ3n) is 1.73. The zero-order valence-electron chi connectivity index (χ0n) is 8.74. The van der Waals surface area contributed by atoms with Crippen LogP contribution in [0.15, 0.2) is 22.7 Å². The molecule has 0 spiro atoms. The molecule has 0 aromatic heterocycles. The highest BCUT2D eigenvalue weighted by Crippen LogP contribution is 2.20. The summed E-state index contributed by atoms with van der Waals surface area (Å²) in [5, 5.41) is 0. The molecule has 1 aromatic rings. The third kappa shape index (κ3) is 4.31. The maximum absolute atomic E-state index is 13.1. The van der Waals surface area contributed by atoms with Gasteiger partial charge in [-0.2, -0.15) is 0 Å². The molecule has 0 aliphatic rings. The Morgan fingerprint density at radius 2 is 2.18 bits per heavy atom. The number of methoxy groups -OCH3 is 1. The first-order valence-corrected chi connectivity index (χ1v) is 6.81. The fourth-order valence-corrected chi connectivity index (χ4v) is 2.22. The molecule has 5 nitrogen and oxygen atoms in total. The van der Waals surface area contributed by atoms with Crippen LogP contribution in [0.1, 0.15) is 0 Å². The second kappa shape index (κ2) is 5.46. The number of carbonyl (C=O) groups is 1. The Hall–Kier alpha value is -1.15. The predicted octanol–water partition coefficient (Wildman–Crippen LogP) is 1.50. The van der Waals surface area contributed by atoms with Crippen molar-refractivity contribution in [3.8, 4) is 0 Å². The van der Waals surface area contributed by atoms with Crippen molar-refractivity contribution in [2.75, 3.05) is 17.6 Å². The number of sulfonamides is 1. The second-order valence-corrected chi connectivity index (χ2v) is 5.64. The van der Waals surface area contributed by atoms with Crippen LogP contribution in [-0.4, -0.2) is 27.2 Å². The molecule has 0 saturated carbocycles. The summed E-state index contributed by atoms with van der Waals surface area (Å²) in [6.07, 6.45) is 0. The minimum absolute atomic E-state index is 0.0367. The molecule has 1 N–H and O–H groups in total. The van der Waals surface area contributed by atoms with Crippen LogP contribution in [-0.2, 0) is 19.6 Å². The van der Waals surface area contributed by atoms with Crippen molar-refractivity contribution < 1.29 is 22.3 Å². The Balaban J connectivity index is 2.83. The molecule has 17 heavy (non-hydrogen) atoms. The molecule has 0 amide bonds. The summed E-state index contributed by atoms with van der Waals surface area (Å²) in [6.45, 7) is 0. The number of hydrogen-bond acceptors (Lipinski definition) is 4. The largest absolute Gasteiger partial charge is 0.468 e. The molecule has 0 saturated heterocycles. The first-order chi connectivity index (χ1) is 7.84. The predicted molar refractivity (Wildman–Crippen MR) is 63.5 cm³/mol. The normalized spacial score (nSPS) is 11.0. The SMILES string of the molecule is COC(=O)CS(=O)(=O)Nc1ccc(Br)c(F)c1. The second-order valence-electron chi connectivity index (χ2n) is 3.07. The van der Waals surface area contributed by atoms with Gasteiger partial charge in [0.25, 0.3) is 0 Å². The number of carbonyl (C=O) groups excluding carboxylic acids is 1. The molecule has 0 unspecified atom stereocenters. The summed E-state index contributed by atoms with van der Waals surface area (Å²) in [4.78, 5) is 10.8. The van der Waals surface area contributed by atoms with Gasteiger partial charge in [0.2, 0.25) is 10.0 Å². The average molecular weight is 326 g/mol. The topological polar surface area (TPSA) is 72.5 Å². The molecule has 0 radical (unpaired) electrons. The summed E-state index contributed by atoms with van der Waals surface area (Å²) in [5.41, 5.74) is 0.0367. The van der Waals surface area contributed by atoms with Crippen molar-refractivity contribution in [2.45, 2.75) is 0 Å². The molecular formula is C9H9BrFNO4S. The highest BCUT2D eigenvalue weighted by atomic mass is 79.9. The van der Waals surface area contributed by atoms with E-state index in [1.165, 1.54) is 12.1 Å². The van der Waals surface area contributed by atoms with E-state index in [2.05, 4.69) is 25.4 Å². The van der Waals surface area contributed by atoms with E-state index >= 15 is 0 Å². The first-order valence-electron chi connectivity index (χ1n) is 4.36. The summed E-state index contributed by atoms with van der Waals surface area (Å²) in [6, 6.07) is 3.71. The van der Waals surface area contributed by atoms with Gasteiger partial charge in [-0.15, -0.1) is 0 Å². The van der Waals surface area contributed by atoms with E-state index in [0.29, 0.717) is 0 Å². The molecule has 0 aliphatic heterocycles. The monoisotopic (exact) mass is 325 g/mol. The molecule has 0 fully saturated rings. The van der Waals surface area contributed by atoms with Crippen LogP contribution in [0.25, 0.3) is 0 Å². The number of hydrogen-bond donors (Lipinski definition) is 1. The number of anilines is 1. The molecular weight excluding hydrogens is 317 g/mol. The van der Waals surface area contributed by atoms with Gasteiger partial charge in [-0.1, -0.05) is 0 Å². The van der Waals surface area contributed by atoms with Gasteiger partial charge in [0.05, 0.1) is 17.3 Å². The van der Waals surface area contributed by atoms with Gasteiger partial charge in [0.15, 0.2) is 5.75 Å². The Bertz CT molecular complexity index is 532. The number of rotatable bonds is 4. The molecule has 94 valence electrons. The Kier molecular flexibility index (Phi) is 4.47. The van der Waals surface area contributed by atoms with Crippen molar-refractivity contribution in [1.29, 1.82) is 0 Å². The number of esters is 1. The summed E-state index contributed by atoms with van der Waals surface area (Å²) in [7, 11) is -2.80. The molecule has 1 aromatic carbocycles. The Morgan fingerprint density at radius 3 is 2.71 bits per heavy atom. The minimum atomic E-state index is -3.88. The van der Waals surface area contributed by atoms with Crippen LogP contribution in [0.4, 0.5) is 10.1 Å². The fraction of sp³-hybridized carbons (Fsp3) is 0.222. The first kappa shape index (κ1) is 13.9. The maximum Gasteiger partial charge on any atom is 0.322 e. The lowest BCUT2D eigenvalue weighted by molar-refractivity contribution is -0.137. The van der Waals surface area contributed by atoms with Gasteiger partial charge in [0.1, 0.15) is 5.82 Å². The summed E-state index contributed by atoms with van der Waals surface area (Å²) >= 11 is 2.93. The molecule has 0 atom stereocenters. The van der Waals surface area contributed by atoms with Crippen molar-refractivity contribution in [3.63, 3.8) is 0 Å². The number of benzene rings is 1. The zero-order chi connectivity index (χ0) is 13.1. The molecule has 1 rings (SSSR count). The smallest absolute Gasteiger partial charge is 0.322 e. The highest BCUT2D eigenvalue weighted by molar-refractivity contribution is 9.10. The van der Waals surface area contributed by atoms with Gasteiger partial charge in [0, 0.05) is 0 Å². The van der Waals surface area contributed by atoms with Crippen LogP contribution >= 0.6 is 15.9 Å². The molecule has 0 heterocycles. The van der Waals surface area contributed by atoms with E-state index in [1.807, 2.05) is 0 Å². The Labute approximate surface area is 106 Å². The number of ether oxygens (including phenoxy) is 1. The van der Waals surface area contributed by atoms with Gasteiger partial charge in [-0.05, 0) is 34.1 Å². The van der Waals surface area contributed by atoms with Crippen molar-refractivity contribution in [2.24, 2.45) is 0 Å². The molecule has 8 heteroatoms. The van der Waals surface area contributed by atoms with Crippen molar-refractivity contribution in [3.05, 3.63) is 28.5 Å². The van der Waals surface area contributed by atoms with Crippen LogP contribution in [0.5, 0.6) is 0 Å². The van der Waals surface area contributed by atoms with E-state index in [4.69, 9.17) is 0 Å². The van der Waals surface area contributed by atoms with E-state index < -0.39 is 27.6 Å². The molecule has 0 bridgehead atoms. The Morgan fingerprint density at radius 1 is 1.53 bits per heavy atom. The van der Waals surface area contributed by atoms with Crippen molar-refractivity contribution in [1.82, 2.24) is 0 Å². The van der Waals surface area contributed by atoms with E-state index in [0.717, 1.165) is 13.2 Å². The number of nitrogens with one attached hydrogen (secondary N) is 1. The van der Waals surface area contributed by atoms with Gasteiger partial charge in [-0.3, -0.25) is 9.52 Å². The third-order valence-corrected chi connectivity index (χ3v) is 3.53. The maximum atomic E-state index is 13.1. The lowest BCUT2D eigenvalue weighted by Crippen LogP contribution is -2.23. The highest BCUT2D eigenvalue weighted by Gasteiger charge is 2.17. The number of halogens is 2. The quantitative estimate of drug-likeness (QED) is 0.851. The average Bonchev–Trinajstić information content (AvgIpc) is 2.22. The van der Waals surface area contributed by atoms with E-state index in [-0.39, 0.29) is 10.2 Å². The van der Waals surface area contributed by atoms with E-state index in [9.17, 15) is 17.6 Å². The lowest BCUT2D eigenvalue weighted by Gasteiger charge is -2.07. The van der Waals surface area contributed by atoms with Gasteiger partial charge >= 0.3 is 5.97 Å². The summed E-state index contributed by atoms with van der Waals surface area (Å²) in [5.74, 6) is -2.32. The van der Waals surface area contributed by atoms with E-state index in [1.54, 1.807) is 0 Å².